The Balaban J connectivity index is 2.94. The highest BCUT2D eigenvalue weighted by Gasteiger charge is 2.23. The van der Waals surface area contributed by atoms with Crippen LogP contribution in [0.25, 0.3) is 0 Å². The van der Waals surface area contributed by atoms with Crippen molar-refractivity contribution in [1.29, 1.82) is 0 Å². The van der Waals surface area contributed by atoms with Crippen LogP contribution < -0.4 is 16.4 Å². The van der Waals surface area contributed by atoms with Crippen LogP contribution in [0.15, 0.2) is 24.3 Å². The molecular weight excluding hydrogens is 254 g/mol. The van der Waals surface area contributed by atoms with Crippen molar-refractivity contribution in [2.45, 2.75) is 33.7 Å². The van der Waals surface area contributed by atoms with E-state index in [9.17, 15) is 9.59 Å². The number of hydrogen-bond acceptors (Lipinski definition) is 3. The summed E-state index contributed by atoms with van der Waals surface area (Å²) in [6.45, 7) is 7.65. The zero-order chi connectivity index (χ0) is 15.3. The zero-order valence-electron chi connectivity index (χ0n) is 12.5. The number of anilines is 1. The van der Waals surface area contributed by atoms with Gasteiger partial charge in [0.1, 0.15) is 0 Å². The standard InChI is InChI=1S/C15H23N3O2/c1-10(9-16)17-13(19)11-7-5-6-8-12(11)18-14(20)15(2,3)4/h5-8,10H,9,16H2,1-4H3,(H,17,19)(H,18,20)/t10-/m0/s1. The van der Waals surface area contributed by atoms with Crippen LogP contribution >= 0.6 is 0 Å². The predicted molar refractivity (Wildman–Crippen MR) is 80.5 cm³/mol. The Morgan fingerprint density at radius 1 is 1.25 bits per heavy atom. The average Bonchev–Trinajstić information content (AvgIpc) is 2.37. The Kier molecular flexibility index (Phi) is 5.27. The van der Waals surface area contributed by atoms with Crippen molar-refractivity contribution in [3.8, 4) is 0 Å². The van der Waals surface area contributed by atoms with Crippen LogP contribution in [-0.2, 0) is 4.79 Å². The molecule has 0 saturated carbocycles. The molecule has 0 aromatic heterocycles. The van der Waals surface area contributed by atoms with Gasteiger partial charge in [0.25, 0.3) is 5.91 Å². The summed E-state index contributed by atoms with van der Waals surface area (Å²) in [5.41, 5.74) is 5.91. The molecule has 0 bridgehead atoms. The van der Waals surface area contributed by atoms with E-state index in [1.807, 2.05) is 27.7 Å². The van der Waals surface area contributed by atoms with E-state index < -0.39 is 5.41 Å². The average molecular weight is 277 g/mol. The summed E-state index contributed by atoms with van der Waals surface area (Å²) in [7, 11) is 0. The fourth-order valence-corrected chi connectivity index (χ4v) is 1.46. The van der Waals surface area contributed by atoms with Gasteiger partial charge >= 0.3 is 0 Å². The molecule has 110 valence electrons. The second-order valence-electron chi connectivity index (χ2n) is 5.86. The first-order chi connectivity index (χ1) is 9.25. The number of hydrogen-bond donors (Lipinski definition) is 3. The highest BCUT2D eigenvalue weighted by molar-refractivity contribution is 6.04. The molecular formula is C15H23N3O2. The number of carbonyl (C=O) groups is 2. The van der Waals surface area contributed by atoms with Crippen molar-refractivity contribution in [3.63, 3.8) is 0 Å². The summed E-state index contributed by atoms with van der Waals surface area (Å²) in [5.74, 6) is -0.377. The van der Waals surface area contributed by atoms with E-state index in [0.29, 0.717) is 17.8 Å². The van der Waals surface area contributed by atoms with E-state index in [1.165, 1.54) is 0 Å². The molecule has 0 spiro atoms. The van der Waals surface area contributed by atoms with Crippen molar-refractivity contribution < 1.29 is 9.59 Å². The lowest BCUT2D eigenvalue weighted by atomic mass is 9.95. The smallest absolute Gasteiger partial charge is 0.253 e. The zero-order valence-corrected chi connectivity index (χ0v) is 12.5. The molecule has 0 aliphatic carbocycles. The van der Waals surface area contributed by atoms with Gasteiger partial charge < -0.3 is 16.4 Å². The third-order valence-corrected chi connectivity index (χ3v) is 2.83. The molecule has 0 aliphatic heterocycles. The molecule has 0 saturated heterocycles. The molecule has 0 radical (unpaired) electrons. The number of benzene rings is 1. The van der Waals surface area contributed by atoms with Crippen molar-refractivity contribution in [3.05, 3.63) is 29.8 Å². The summed E-state index contributed by atoms with van der Waals surface area (Å²) < 4.78 is 0. The van der Waals surface area contributed by atoms with Gasteiger partial charge in [0.2, 0.25) is 5.91 Å². The van der Waals surface area contributed by atoms with Crippen molar-refractivity contribution in [2.75, 3.05) is 11.9 Å². The summed E-state index contributed by atoms with van der Waals surface area (Å²) in [6.07, 6.45) is 0. The second kappa shape index (κ2) is 6.52. The first-order valence-corrected chi connectivity index (χ1v) is 6.67. The molecule has 1 rings (SSSR count). The molecule has 4 N–H and O–H groups in total. The van der Waals surface area contributed by atoms with Gasteiger partial charge in [-0.05, 0) is 19.1 Å². The molecule has 2 amide bonds. The maximum Gasteiger partial charge on any atom is 0.253 e. The van der Waals surface area contributed by atoms with Crippen LogP contribution in [0.5, 0.6) is 0 Å². The highest BCUT2D eigenvalue weighted by atomic mass is 16.2. The lowest BCUT2D eigenvalue weighted by molar-refractivity contribution is -0.123. The number of carbonyl (C=O) groups excluding carboxylic acids is 2. The van der Waals surface area contributed by atoms with E-state index in [1.54, 1.807) is 24.3 Å². The SMILES string of the molecule is C[C@@H](CN)NC(=O)c1ccccc1NC(=O)C(C)(C)C. The van der Waals surface area contributed by atoms with Gasteiger partial charge in [-0.2, -0.15) is 0 Å². The van der Waals surface area contributed by atoms with E-state index in [2.05, 4.69) is 10.6 Å². The number of para-hydroxylation sites is 1. The van der Waals surface area contributed by atoms with E-state index in [4.69, 9.17) is 5.73 Å². The third-order valence-electron chi connectivity index (χ3n) is 2.83. The van der Waals surface area contributed by atoms with Gasteiger partial charge in [-0.15, -0.1) is 0 Å². The lowest BCUT2D eigenvalue weighted by Crippen LogP contribution is -2.38. The van der Waals surface area contributed by atoms with Crippen LogP contribution in [0.3, 0.4) is 0 Å². The number of nitrogens with two attached hydrogens (primary N) is 1. The second-order valence-corrected chi connectivity index (χ2v) is 5.86. The Morgan fingerprint density at radius 2 is 1.85 bits per heavy atom. The van der Waals surface area contributed by atoms with Crippen LogP contribution in [0.4, 0.5) is 5.69 Å². The van der Waals surface area contributed by atoms with Crippen LogP contribution in [0.2, 0.25) is 0 Å². The minimum Gasteiger partial charge on any atom is -0.348 e. The van der Waals surface area contributed by atoms with Crippen LogP contribution in [0.1, 0.15) is 38.1 Å². The largest absolute Gasteiger partial charge is 0.348 e. The summed E-state index contributed by atoms with van der Waals surface area (Å²) in [5, 5.41) is 5.57. The normalized spacial score (nSPS) is 12.7. The van der Waals surface area contributed by atoms with Crippen LogP contribution in [-0.4, -0.2) is 24.4 Å². The highest BCUT2D eigenvalue weighted by Crippen LogP contribution is 2.20. The predicted octanol–water partition coefficient (Wildman–Crippen LogP) is 1.75. The van der Waals surface area contributed by atoms with E-state index in [-0.39, 0.29) is 17.9 Å². The number of nitrogens with one attached hydrogen (secondary N) is 2. The summed E-state index contributed by atoms with van der Waals surface area (Å²) in [4.78, 5) is 24.2. The monoisotopic (exact) mass is 277 g/mol. The van der Waals surface area contributed by atoms with Gasteiger partial charge in [-0.3, -0.25) is 9.59 Å². The maximum absolute atomic E-state index is 12.1. The topological polar surface area (TPSA) is 84.2 Å². The number of amides is 2. The molecule has 0 fully saturated rings. The Morgan fingerprint density at radius 3 is 2.40 bits per heavy atom. The van der Waals surface area contributed by atoms with Crippen molar-refractivity contribution in [1.82, 2.24) is 5.32 Å². The first kappa shape index (κ1) is 16.2. The molecule has 5 heteroatoms. The molecule has 1 aromatic rings. The van der Waals surface area contributed by atoms with Gasteiger partial charge in [0, 0.05) is 18.0 Å². The van der Waals surface area contributed by atoms with E-state index in [0.717, 1.165) is 0 Å². The van der Waals surface area contributed by atoms with Crippen molar-refractivity contribution >= 4 is 17.5 Å². The molecule has 1 aromatic carbocycles. The quantitative estimate of drug-likeness (QED) is 0.784. The molecule has 0 aliphatic rings. The molecule has 20 heavy (non-hydrogen) atoms. The molecule has 0 heterocycles. The van der Waals surface area contributed by atoms with Crippen molar-refractivity contribution in [2.24, 2.45) is 11.1 Å². The minimum absolute atomic E-state index is 0.117. The Labute approximate surface area is 119 Å². The third kappa shape index (κ3) is 4.35. The Hall–Kier alpha value is -1.88. The first-order valence-electron chi connectivity index (χ1n) is 6.67. The minimum atomic E-state index is -0.520. The van der Waals surface area contributed by atoms with Gasteiger partial charge in [0.15, 0.2) is 0 Å². The van der Waals surface area contributed by atoms with Gasteiger partial charge in [0.05, 0.1) is 11.3 Å². The molecule has 0 unspecified atom stereocenters. The Bertz CT molecular complexity index is 492. The maximum atomic E-state index is 12.1. The summed E-state index contributed by atoms with van der Waals surface area (Å²) in [6, 6.07) is 6.81. The lowest BCUT2D eigenvalue weighted by Gasteiger charge is -2.19. The van der Waals surface area contributed by atoms with Gasteiger partial charge in [-0.25, -0.2) is 0 Å². The van der Waals surface area contributed by atoms with Gasteiger partial charge in [-0.1, -0.05) is 32.9 Å². The summed E-state index contributed by atoms with van der Waals surface area (Å²) >= 11 is 0. The fourth-order valence-electron chi connectivity index (χ4n) is 1.46. The molecule has 5 nitrogen and oxygen atoms in total. The van der Waals surface area contributed by atoms with E-state index >= 15 is 0 Å². The number of rotatable bonds is 4. The fraction of sp³-hybridized carbons (Fsp3) is 0.467. The van der Waals surface area contributed by atoms with Crippen LogP contribution in [0, 0.1) is 5.41 Å². The molecule has 1 atom stereocenters.